The van der Waals surface area contributed by atoms with Gasteiger partial charge in [0.05, 0.1) is 0 Å². The van der Waals surface area contributed by atoms with Crippen molar-refractivity contribution in [3.8, 4) is 11.3 Å². The predicted molar refractivity (Wildman–Crippen MR) is 60.5 cm³/mol. The lowest BCUT2D eigenvalue weighted by molar-refractivity contribution is 0.382. The third-order valence-corrected chi connectivity index (χ3v) is 2.48. The number of hydrogen-bond acceptors (Lipinski definition) is 2. The summed E-state index contributed by atoms with van der Waals surface area (Å²) in [5, 5.41) is 3.97. The van der Waals surface area contributed by atoms with E-state index >= 15 is 0 Å². The van der Waals surface area contributed by atoms with Gasteiger partial charge in [-0.05, 0) is 30.7 Å². The minimum atomic E-state index is -0.238. The van der Waals surface area contributed by atoms with Gasteiger partial charge in [-0.1, -0.05) is 18.5 Å². The van der Waals surface area contributed by atoms with Gasteiger partial charge < -0.3 is 4.52 Å². The van der Waals surface area contributed by atoms with Crippen molar-refractivity contribution in [3.05, 3.63) is 41.9 Å². The summed E-state index contributed by atoms with van der Waals surface area (Å²) in [6.45, 7) is 2.14. The first-order valence-corrected chi connectivity index (χ1v) is 5.51. The Morgan fingerprint density at radius 1 is 1.25 bits per heavy atom. The number of hydrogen-bond donors (Lipinski definition) is 0. The van der Waals surface area contributed by atoms with Crippen LogP contribution < -0.4 is 0 Å². The lowest BCUT2D eigenvalue weighted by Gasteiger charge is -1.93. The van der Waals surface area contributed by atoms with E-state index in [0.717, 1.165) is 36.3 Å². The fourth-order valence-electron chi connectivity index (χ4n) is 1.54. The van der Waals surface area contributed by atoms with Gasteiger partial charge in [0.15, 0.2) is 0 Å². The number of aryl methyl sites for hydroxylation is 1. The van der Waals surface area contributed by atoms with E-state index in [1.807, 2.05) is 6.07 Å². The number of benzene rings is 1. The molecule has 2 aromatic rings. The minimum absolute atomic E-state index is 0.238. The maximum absolute atomic E-state index is 12.7. The molecule has 0 aliphatic heterocycles. The van der Waals surface area contributed by atoms with Gasteiger partial charge in [0, 0.05) is 18.1 Å². The molecule has 0 radical (unpaired) electrons. The maximum Gasteiger partial charge on any atom is 0.137 e. The average Bonchev–Trinajstić information content (AvgIpc) is 2.76. The molecule has 3 heteroatoms. The van der Waals surface area contributed by atoms with Gasteiger partial charge in [-0.3, -0.25) is 0 Å². The lowest BCUT2D eigenvalue weighted by atomic mass is 10.1. The van der Waals surface area contributed by atoms with Crippen LogP contribution in [-0.2, 0) is 6.42 Å². The zero-order chi connectivity index (χ0) is 11.4. The molecule has 2 nitrogen and oxygen atoms in total. The predicted octanol–water partition coefficient (Wildman–Crippen LogP) is 3.82. The monoisotopic (exact) mass is 219 g/mol. The highest BCUT2D eigenvalue weighted by atomic mass is 19.1. The minimum Gasteiger partial charge on any atom is -0.361 e. The summed E-state index contributed by atoms with van der Waals surface area (Å²) < 4.78 is 17.9. The molecule has 0 atom stereocenters. The molecule has 0 N–H and O–H groups in total. The number of unbranched alkanes of at least 4 members (excludes halogenated alkanes) is 1. The Labute approximate surface area is 94.1 Å². The van der Waals surface area contributed by atoms with Crippen molar-refractivity contribution in [2.75, 3.05) is 0 Å². The fraction of sp³-hybridized carbons (Fsp3) is 0.308. The van der Waals surface area contributed by atoms with Gasteiger partial charge in [-0.15, -0.1) is 0 Å². The van der Waals surface area contributed by atoms with Gasteiger partial charge in [0.1, 0.15) is 17.3 Å². The van der Waals surface area contributed by atoms with E-state index in [0.29, 0.717) is 0 Å². The molecule has 84 valence electrons. The summed E-state index contributed by atoms with van der Waals surface area (Å²) in [6.07, 6.45) is 3.13. The van der Waals surface area contributed by atoms with Crippen LogP contribution in [0.3, 0.4) is 0 Å². The third-order valence-electron chi connectivity index (χ3n) is 2.48. The zero-order valence-corrected chi connectivity index (χ0v) is 9.24. The molecule has 0 unspecified atom stereocenters. The summed E-state index contributed by atoms with van der Waals surface area (Å²) in [6, 6.07) is 8.18. The van der Waals surface area contributed by atoms with E-state index in [1.165, 1.54) is 12.1 Å². The molecule has 16 heavy (non-hydrogen) atoms. The highest BCUT2D eigenvalue weighted by molar-refractivity contribution is 5.58. The van der Waals surface area contributed by atoms with E-state index in [4.69, 9.17) is 4.52 Å². The van der Waals surface area contributed by atoms with Gasteiger partial charge >= 0.3 is 0 Å². The fourth-order valence-corrected chi connectivity index (χ4v) is 1.54. The quantitative estimate of drug-likeness (QED) is 0.781. The molecule has 1 aromatic heterocycles. The topological polar surface area (TPSA) is 26.0 Å². The van der Waals surface area contributed by atoms with E-state index in [1.54, 1.807) is 12.1 Å². The van der Waals surface area contributed by atoms with Crippen LogP contribution in [0, 0.1) is 5.82 Å². The van der Waals surface area contributed by atoms with Crippen molar-refractivity contribution in [1.82, 2.24) is 5.16 Å². The Balaban J connectivity index is 2.15. The van der Waals surface area contributed by atoms with Crippen LogP contribution in [0.5, 0.6) is 0 Å². The molecule has 0 fully saturated rings. The molecule has 0 saturated carbocycles. The smallest absolute Gasteiger partial charge is 0.137 e. The highest BCUT2D eigenvalue weighted by Gasteiger charge is 2.05. The Kier molecular flexibility index (Phi) is 3.34. The Morgan fingerprint density at radius 3 is 2.69 bits per heavy atom. The van der Waals surface area contributed by atoms with Crippen LogP contribution in [0.4, 0.5) is 4.39 Å². The number of nitrogens with zero attached hydrogens (tertiary/aromatic N) is 1. The second-order valence-electron chi connectivity index (χ2n) is 3.79. The first-order valence-electron chi connectivity index (χ1n) is 5.51. The van der Waals surface area contributed by atoms with Crippen LogP contribution in [0.25, 0.3) is 11.3 Å². The summed E-state index contributed by atoms with van der Waals surface area (Å²) in [7, 11) is 0. The number of aromatic nitrogens is 1. The van der Waals surface area contributed by atoms with Gasteiger partial charge in [0.25, 0.3) is 0 Å². The summed E-state index contributed by atoms with van der Waals surface area (Å²) >= 11 is 0. The molecule has 1 heterocycles. The van der Waals surface area contributed by atoms with E-state index in [2.05, 4.69) is 12.1 Å². The first kappa shape index (κ1) is 10.9. The van der Waals surface area contributed by atoms with Crippen LogP contribution >= 0.6 is 0 Å². The second-order valence-corrected chi connectivity index (χ2v) is 3.79. The third kappa shape index (κ3) is 2.48. The summed E-state index contributed by atoms with van der Waals surface area (Å²) in [5.74, 6) is 0.652. The molecule has 1 aromatic carbocycles. The van der Waals surface area contributed by atoms with Gasteiger partial charge in [-0.25, -0.2) is 4.39 Å². The SMILES string of the molecule is CCCCc1cc(-c2ccc(F)cc2)no1. The molecule has 0 amide bonds. The van der Waals surface area contributed by atoms with Crippen LogP contribution in [0.2, 0.25) is 0 Å². The molecule has 0 bridgehead atoms. The lowest BCUT2D eigenvalue weighted by Crippen LogP contribution is -1.79. The Hall–Kier alpha value is -1.64. The van der Waals surface area contributed by atoms with Crippen molar-refractivity contribution in [2.45, 2.75) is 26.2 Å². The number of rotatable bonds is 4. The van der Waals surface area contributed by atoms with E-state index < -0.39 is 0 Å². The van der Waals surface area contributed by atoms with E-state index in [-0.39, 0.29) is 5.82 Å². The molecule has 0 saturated heterocycles. The average molecular weight is 219 g/mol. The maximum atomic E-state index is 12.7. The second kappa shape index (κ2) is 4.92. The van der Waals surface area contributed by atoms with Crippen molar-refractivity contribution >= 4 is 0 Å². The molecule has 0 spiro atoms. The molecule has 2 rings (SSSR count). The van der Waals surface area contributed by atoms with Crippen molar-refractivity contribution in [2.24, 2.45) is 0 Å². The standard InChI is InChI=1S/C13H14FNO/c1-2-3-4-12-9-13(15-16-12)10-5-7-11(14)8-6-10/h5-9H,2-4H2,1H3. The normalized spacial score (nSPS) is 10.6. The summed E-state index contributed by atoms with van der Waals surface area (Å²) in [4.78, 5) is 0. The molecule has 0 aliphatic rings. The van der Waals surface area contributed by atoms with Crippen molar-refractivity contribution < 1.29 is 8.91 Å². The zero-order valence-electron chi connectivity index (χ0n) is 9.24. The molecular weight excluding hydrogens is 205 g/mol. The molecule has 0 aliphatic carbocycles. The van der Waals surface area contributed by atoms with E-state index in [9.17, 15) is 4.39 Å². The number of halogens is 1. The summed E-state index contributed by atoms with van der Waals surface area (Å²) in [5.41, 5.74) is 1.65. The van der Waals surface area contributed by atoms with Gasteiger partial charge in [-0.2, -0.15) is 0 Å². The van der Waals surface area contributed by atoms with Crippen molar-refractivity contribution in [3.63, 3.8) is 0 Å². The van der Waals surface area contributed by atoms with Crippen LogP contribution in [0.15, 0.2) is 34.9 Å². The van der Waals surface area contributed by atoms with Crippen LogP contribution in [-0.4, -0.2) is 5.16 Å². The van der Waals surface area contributed by atoms with Crippen molar-refractivity contribution in [1.29, 1.82) is 0 Å². The van der Waals surface area contributed by atoms with Gasteiger partial charge in [0.2, 0.25) is 0 Å². The first-order chi connectivity index (χ1) is 7.79. The highest BCUT2D eigenvalue weighted by Crippen LogP contribution is 2.20. The Bertz CT molecular complexity index is 447. The largest absolute Gasteiger partial charge is 0.361 e. The Morgan fingerprint density at radius 2 is 2.00 bits per heavy atom. The molecular formula is C13H14FNO. The van der Waals surface area contributed by atoms with Crippen LogP contribution in [0.1, 0.15) is 25.5 Å².